The second kappa shape index (κ2) is 20.1. The molecule has 6 aromatic carbocycles. The van der Waals surface area contributed by atoms with Gasteiger partial charge in [-0.15, -0.1) is 20.4 Å². The molecule has 0 bridgehead atoms. The predicted molar refractivity (Wildman–Crippen MR) is 256 cm³/mol. The molecule has 63 heavy (non-hydrogen) atoms. The lowest BCUT2D eigenvalue weighted by atomic mass is 9.70. The molecule has 9 rings (SSSR count). The van der Waals surface area contributed by atoms with Crippen molar-refractivity contribution in [2.45, 2.75) is 69.6 Å². The van der Waals surface area contributed by atoms with Crippen LogP contribution < -0.4 is 9.47 Å². The average molecular weight is 965 g/mol. The second-order valence-electron chi connectivity index (χ2n) is 16.1. The van der Waals surface area contributed by atoms with Crippen LogP contribution in [0, 0.1) is 0 Å². The molecule has 0 N–H and O–H groups in total. The maximum absolute atomic E-state index is 6.15. The summed E-state index contributed by atoms with van der Waals surface area (Å²) >= 11 is 7.66. The van der Waals surface area contributed by atoms with E-state index in [1.807, 2.05) is 109 Å². The lowest BCUT2D eigenvalue weighted by Gasteiger charge is -2.33. The van der Waals surface area contributed by atoms with E-state index in [1.165, 1.54) is 22.3 Å². The normalized spacial score (nSPS) is 12.5. The molecule has 1 aliphatic rings. The number of hydrogen-bond acceptors (Lipinski definition) is 8. The van der Waals surface area contributed by atoms with Gasteiger partial charge in [0.15, 0.2) is 0 Å². The lowest BCUT2D eigenvalue weighted by Crippen LogP contribution is -2.25. The van der Waals surface area contributed by atoms with Crippen LogP contribution >= 0.6 is 31.9 Å². The highest BCUT2D eigenvalue weighted by atomic mass is 79.9. The van der Waals surface area contributed by atoms with Crippen LogP contribution in [0.25, 0.3) is 56.9 Å². The second-order valence-corrected chi connectivity index (χ2v) is 17.9. The molecular weight excluding hydrogens is 916 g/mol. The van der Waals surface area contributed by atoms with Crippen LogP contribution in [0.5, 0.6) is 11.5 Å². The highest BCUT2D eigenvalue weighted by Crippen LogP contribution is 2.55. The molecule has 0 spiro atoms. The highest BCUT2D eigenvalue weighted by Gasteiger charge is 2.42. The molecular formula is C53H48Br2N4O4. The van der Waals surface area contributed by atoms with Crippen LogP contribution in [0.2, 0.25) is 0 Å². The maximum Gasteiger partial charge on any atom is 0.248 e. The summed E-state index contributed by atoms with van der Waals surface area (Å²) in [5.74, 6) is 3.70. The van der Waals surface area contributed by atoms with Gasteiger partial charge in [-0.25, -0.2) is 0 Å². The fraction of sp³-hybridized carbons (Fsp3) is 0.245. The summed E-state index contributed by atoms with van der Waals surface area (Å²) in [6.45, 7) is 1.36. The van der Waals surface area contributed by atoms with Gasteiger partial charge < -0.3 is 18.3 Å². The standard InChI is InChI=1S/C53H48Br2N4O4/c54-41-23-29-45-46-30-24-42(55)36-48(46)53(47(45)35-41,31-11-1-3-13-33-60-43-25-19-39(20-26-43)51-58-56-49(62-51)37-15-7-5-8-16-37)32-12-2-4-14-34-61-44-27-21-40(22-28-44)52-59-57-50(63-52)38-17-9-6-10-18-38/h5-10,15-30,35-36H,1-4,11-14,31-34H2. The Kier molecular flexibility index (Phi) is 13.6. The predicted octanol–water partition coefficient (Wildman–Crippen LogP) is 15.0. The van der Waals surface area contributed by atoms with E-state index in [4.69, 9.17) is 18.3 Å². The van der Waals surface area contributed by atoms with Crippen molar-refractivity contribution in [2.75, 3.05) is 13.2 Å². The minimum atomic E-state index is -0.0326. The van der Waals surface area contributed by atoms with E-state index in [2.05, 4.69) is 88.7 Å². The summed E-state index contributed by atoms with van der Waals surface area (Å²) in [6.07, 6.45) is 11.1. The molecule has 10 heteroatoms. The third-order valence-corrected chi connectivity index (χ3v) is 12.9. The van der Waals surface area contributed by atoms with Crippen molar-refractivity contribution in [1.82, 2.24) is 20.4 Å². The Morgan fingerprint density at radius 2 is 0.762 bits per heavy atom. The van der Waals surface area contributed by atoms with E-state index in [0.29, 0.717) is 36.8 Å². The Morgan fingerprint density at radius 3 is 1.16 bits per heavy atom. The molecule has 0 amide bonds. The van der Waals surface area contributed by atoms with Crippen molar-refractivity contribution < 1.29 is 18.3 Å². The van der Waals surface area contributed by atoms with E-state index in [0.717, 1.165) is 107 Å². The number of unbranched alkanes of at least 4 members (excludes halogenated alkanes) is 6. The third kappa shape index (κ3) is 10.0. The first-order chi connectivity index (χ1) is 31.0. The number of halogens is 2. The molecule has 2 aromatic heterocycles. The first kappa shape index (κ1) is 42.5. The number of aromatic nitrogens is 4. The first-order valence-electron chi connectivity index (χ1n) is 21.9. The molecule has 0 radical (unpaired) electrons. The molecule has 8 nitrogen and oxygen atoms in total. The largest absolute Gasteiger partial charge is 0.494 e. The number of ether oxygens (including phenoxy) is 2. The molecule has 0 aliphatic heterocycles. The van der Waals surface area contributed by atoms with Gasteiger partial charge in [-0.2, -0.15) is 0 Å². The van der Waals surface area contributed by atoms with Crippen molar-refractivity contribution in [3.63, 3.8) is 0 Å². The Hall–Kier alpha value is -5.84. The monoisotopic (exact) mass is 962 g/mol. The van der Waals surface area contributed by atoms with Gasteiger partial charge in [-0.05, 0) is 145 Å². The van der Waals surface area contributed by atoms with Crippen LogP contribution in [0.1, 0.15) is 75.3 Å². The van der Waals surface area contributed by atoms with Gasteiger partial charge in [0, 0.05) is 36.6 Å². The summed E-state index contributed by atoms with van der Waals surface area (Å²) in [4.78, 5) is 0. The fourth-order valence-corrected chi connectivity index (χ4v) is 9.43. The zero-order valence-corrected chi connectivity index (χ0v) is 38.2. The van der Waals surface area contributed by atoms with E-state index in [1.54, 1.807) is 0 Å². The summed E-state index contributed by atoms with van der Waals surface area (Å²) in [5.41, 5.74) is 9.16. The van der Waals surface area contributed by atoms with Crippen LogP contribution in [0.3, 0.4) is 0 Å². The van der Waals surface area contributed by atoms with Crippen LogP contribution in [0.4, 0.5) is 0 Å². The smallest absolute Gasteiger partial charge is 0.248 e. The van der Waals surface area contributed by atoms with Crippen LogP contribution in [0.15, 0.2) is 163 Å². The molecule has 0 fully saturated rings. The van der Waals surface area contributed by atoms with Crippen molar-refractivity contribution in [3.05, 3.63) is 166 Å². The molecule has 1 aliphatic carbocycles. The number of nitrogens with zero attached hydrogens (tertiary/aromatic N) is 4. The zero-order valence-electron chi connectivity index (χ0n) is 35.0. The summed E-state index contributed by atoms with van der Waals surface area (Å²) < 4.78 is 26.4. The summed E-state index contributed by atoms with van der Waals surface area (Å²) in [7, 11) is 0. The topological polar surface area (TPSA) is 96.3 Å². The molecule has 0 saturated heterocycles. The van der Waals surface area contributed by atoms with Gasteiger partial charge >= 0.3 is 0 Å². The minimum Gasteiger partial charge on any atom is -0.494 e. The van der Waals surface area contributed by atoms with Gasteiger partial charge in [-0.1, -0.05) is 119 Å². The van der Waals surface area contributed by atoms with Gasteiger partial charge in [-0.3, -0.25) is 0 Å². The van der Waals surface area contributed by atoms with Crippen molar-refractivity contribution in [1.29, 1.82) is 0 Å². The summed E-state index contributed by atoms with van der Waals surface area (Å²) in [5, 5.41) is 16.9. The quantitative estimate of drug-likeness (QED) is 0.0697. The third-order valence-electron chi connectivity index (χ3n) is 11.9. The van der Waals surface area contributed by atoms with Gasteiger partial charge in [0.2, 0.25) is 23.6 Å². The zero-order chi connectivity index (χ0) is 42.9. The molecule has 0 atom stereocenters. The molecule has 318 valence electrons. The van der Waals surface area contributed by atoms with E-state index < -0.39 is 0 Å². The van der Waals surface area contributed by atoms with Gasteiger partial charge in [0.25, 0.3) is 0 Å². The average Bonchev–Trinajstić information content (AvgIpc) is 4.08. The SMILES string of the molecule is Brc1ccc2c(c1)C(CCCCCCOc1ccc(-c3nnc(-c4ccccc4)o3)cc1)(CCCCCCOc1ccc(-c3nnc(-c4ccccc4)o3)cc1)c1cc(Br)ccc1-2. The van der Waals surface area contributed by atoms with Crippen molar-refractivity contribution >= 4 is 31.9 Å². The molecule has 0 unspecified atom stereocenters. The Morgan fingerprint density at radius 1 is 0.397 bits per heavy atom. The Labute approximate surface area is 385 Å². The van der Waals surface area contributed by atoms with Crippen LogP contribution in [-0.2, 0) is 5.41 Å². The van der Waals surface area contributed by atoms with Gasteiger partial charge in [0.05, 0.1) is 13.2 Å². The minimum absolute atomic E-state index is 0.0326. The fourth-order valence-electron chi connectivity index (χ4n) is 8.71. The number of rotatable bonds is 20. The van der Waals surface area contributed by atoms with Crippen molar-refractivity contribution in [3.8, 4) is 68.4 Å². The highest BCUT2D eigenvalue weighted by molar-refractivity contribution is 9.10. The Balaban J connectivity index is 0.750. The Bertz CT molecular complexity index is 2530. The van der Waals surface area contributed by atoms with E-state index in [-0.39, 0.29) is 5.41 Å². The number of hydrogen-bond donors (Lipinski definition) is 0. The first-order valence-corrected chi connectivity index (χ1v) is 23.5. The van der Waals surface area contributed by atoms with Crippen LogP contribution in [-0.4, -0.2) is 33.6 Å². The van der Waals surface area contributed by atoms with E-state index in [9.17, 15) is 0 Å². The van der Waals surface area contributed by atoms with E-state index >= 15 is 0 Å². The maximum atomic E-state index is 6.15. The number of fused-ring (bicyclic) bond motifs is 3. The molecule has 8 aromatic rings. The summed E-state index contributed by atoms with van der Waals surface area (Å²) in [6, 6.07) is 49.1. The molecule has 0 saturated carbocycles. The van der Waals surface area contributed by atoms with Crippen molar-refractivity contribution in [2.24, 2.45) is 0 Å². The van der Waals surface area contributed by atoms with Gasteiger partial charge in [0.1, 0.15) is 11.5 Å². The number of benzene rings is 6. The molecule has 2 heterocycles. The lowest BCUT2D eigenvalue weighted by molar-refractivity contribution is 0.300.